The van der Waals surface area contributed by atoms with Crippen molar-refractivity contribution < 1.29 is 14.7 Å². The molecule has 1 aliphatic rings. The third-order valence-electron chi connectivity index (χ3n) is 2.91. The zero-order valence-corrected chi connectivity index (χ0v) is 14.3. The second-order valence-electron chi connectivity index (χ2n) is 4.44. The highest BCUT2D eigenvalue weighted by Gasteiger charge is 2.31. The van der Waals surface area contributed by atoms with Crippen molar-refractivity contribution in [2.45, 2.75) is 12.8 Å². The fraction of sp³-hybridized carbons (Fsp3) is 0.214. The van der Waals surface area contributed by atoms with E-state index in [2.05, 4.69) is 0 Å². The van der Waals surface area contributed by atoms with Crippen LogP contribution in [0.5, 0.6) is 0 Å². The standard InChI is InChI=1S/C14H11Cl2NO3S2/c15-9-3-1-4-10(16)8(9)7-11-13(20)17(14(21)22-11)6-2-5-12(18)19/h1,3-4,7H,2,5-6H2,(H,18,19)/p-1. The number of carboxylic acid groups (broad SMARTS) is 1. The van der Waals surface area contributed by atoms with Crippen molar-refractivity contribution >= 4 is 69.5 Å². The highest BCUT2D eigenvalue weighted by molar-refractivity contribution is 8.26. The molecule has 8 heteroatoms. The Balaban J connectivity index is 2.17. The van der Waals surface area contributed by atoms with Crippen molar-refractivity contribution in [3.63, 3.8) is 0 Å². The van der Waals surface area contributed by atoms with Crippen LogP contribution in [-0.2, 0) is 9.59 Å². The molecule has 2 rings (SSSR count). The molecule has 0 bridgehead atoms. The van der Waals surface area contributed by atoms with E-state index in [1.165, 1.54) is 4.90 Å². The van der Waals surface area contributed by atoms with Gasteiger partial charge in [0.1, 0.15) is 4.32 Å². The summed E-state index contributed by atoms with van der Waals surface area (Å²) in [6, 6.07) is 5.08. The first-order chi connectivity index (χ1) is 10.4. The van der Waals surface area contributed by atoms with Gasteiger partial charge < -0.3 is 9.90 Å². The minimum absolute atomic E-state index is 0.119. The summed E-state index contributed by atoms with van der Waals surface area (Å²) in [7, 11) is 0. The molecule has 1 aromatic rings. The molecule has 1 saturated heterocycles. The van der Waals surface area contributed by atoms with Crippen molar-refractivity contribution in [1.82, 2.24) is 4.90 Å². The fourth-order valence-electron chi connectivity index (χ4n) is 1.85. The molecule has 1 fully saturated rings. The number of amides is 1. The second kappa shape index (κ2) is 7.46. The van der Waals surface area contributed by atoms with E-state index in [9.17, 15) is 14.7 Å². The van der Waals surface area contributed by atoms with Crippen molar-refractivity contribution in [3.05, 3.63) is 38.7 Å². The van der Waals surface area contributed by atoms with Crippen molar-refractivity contribution in [2.75, 3.05) is 6.54 Å². The van der Waals surface area contributed by atoms with Gasteiger partial charge in [-0.3, -0.25) is 9.69 Å². The molecule has 22 heavy (non-hydrogen) atoms. The number of carbonyl (C=O) groups is 2. The maximum atomic E-state index is 12.3. The smallest absolute Gasteiger partial charge is 0.266 e. The van der Waals surface area contributed by atoms with E-state index in [1.807, 2.05) is 0 Å². The molecular weight excluding hydrogens is 365 g/mol. The molecular formula is C14H10Cl2NO3S2-. The van der Waals surface area contributed by atoms with E-state index < -0.39 is 5.97 Å². The van der Waals surface area contributed by atoms with Crippen LogP contribution in [0.3, 0.4) is 0 Å². The first-order valence-corrected chi connectivity index (χ1v) is 8.27. The van der Waals surface area contributed by atoms with E-state index in [-0.39, 0.29) is 25.3 Å². The van der Waals surface area contributed by atoms with Gasteiger partial charge in [0.2, 0.25) is 0 Å². The van der Waals surface area contributed by atoms with Crippen molar-refractivity contribution in [1.29, 1.82) is 0 Å². The van der Waals surface area contributed by atoms with Crippen LogP contribution < -0.4 is 5.11 Å². The number of hydrogen-bond donors (Lipinski definition) is 0. The molecule has 116 valence electrons. The molecule has 1 aromatic carbocycles. The van der Waals surface area contributed by atoms with E-state index in [4.69, 9.17) is 35.4 Å². The normalized spacial score (nSPS) is 16.6. The minimum Gasteiger partial charge on any atom is -0.550 e. The van der Waals surface area contributed by atoms with E-state index in [0.717, 1.165) is 11.8 Å². The summed E-state index contributed by atoms with van der Waals surface area (Å²) in [5, 5.41) is 11.3. The first kappa shape index (κ1) is 17.3. The molecule has 0 radical (unpaired) electrons. The highest BCUT2D eigenvalue weighted by Crippen LogP contribution is 2.35. The quantitative estimate of drug-likeness (QED) is 0.585. The van der Waals surface area contributed by atoms with Crippen LogP contribution in [0.1, 0.15) is 18.4 Å². The number of halogens is 2. The summed E-state index contributed by atoms with van der Waals surface area (Å²) in [5.74, 6) is -1.42. The Kier molecular flexibility index (Phi) is 5.86. The number of thioether (sulfide) groups is 1. The first-order valence-electron chi connectivity index (χ1n) is 6.29. The van der Waals surface area contributed by atoms with Gasteiger partial charge in [-0.1, -0.05) is 53.2 Å². The molecule has 0 saturated carbocycles. The Hall–Kier alpha value is -1.08. The van der Waals surface area contributed by atoms with Crippen molar-refractivity contribution in [2.24, 2.45) is 0 Å². The Labute approximate surface area is 147 Å². The Morgan fingerprint density at radius 2 is 2.00 bits per heavy atom. The van der Waals surface area contributed by atoms with Gasteiger partial charge in [0.25, 0.3) is 5.91 Å². The Morgan fingerprint density at radius 1 is 1.36 bits per heavy atom. The van der Waals surface area contributed by atoms with Gasteiger partial charge in [-0.2, -0.15) is 0 Å². The number of carboxylic acids is 1. The van der Waals surface area contributed by atoms with Gasteiger partial charge in [-0.15, -0.1) is 0 Å². The average molecular weight is 375 g/mol. The number of hydrogen-bond acceptors (Lipinski definition) is 5. The van der Waals surface area contributed by atoms with E-state index in [0.29, 0.717) is 24.8 Å². The molecule has 0 aromatic heterocycles. The van der Waals surface area contributed by atoms with Crippen LogP contribution in [0.25, 0.3) is 6.08 Å². The number of nitrogens with zero attached hydrogens (tertiary/aromatic N) is 1. The molecule has 4 nitrogen and oxygen atoms in total. The van der Waals surface area contributed by atoms with Gasteiger partial charge in [0.05, 0.1) is 4.91 Å². The van der Waals surface area contributed by atoms with Crippen LogP contribution in [0, 0.1) is 0 Å². The number of benzene rings is 1. The number of rotatable bonds is 5. The molecule has 0 atom stereocenters. The molecule has 0 spiro atoms. The summed E-state index contributed by atoms with van der Waals surface area (Å²) in [6.45, 7) is 0.242. The maximum absolute atomic E-state index is 12.3. The second-order valence-corrected chi connectivity index (χ2v) is 6.93. The predicted octanol–water partition coefficient (Wildman–Crippen LogP) is 2.72. The van der Waals surface area contributed by atoms with Crippen molar-refractivity contribution in [3.8, 4) is 0 Å². The molecule has 0 unspecified atom stereocenters. The summed E-state index contributed by atoms with van der Waals surface area (Å²) in [4.78, 5) is 24.5. The molecule has 1 heterocycles. The van der Waals surface area contributed by atoms with Crippen LogP contribution in [0.4, 0.5) is 0 Å². The van der Waals surface area contributed by atoms with E-state index in [1.54, 1.807) is 24.3 Å². The summed E-state index contributed by atoms with van der Waals surface area (Å²) in [5.41, 5.74) is 0.557. The third-order valence-corrected chi connectivity index (χ3v) is 4.95. The van der Waals surface area contributed by atoms with Gasteiger partial charge >= 0.3 is 0 Å². The molecule has 1 aliphatic heterocycles. The SMILES string of the molecule is O=C([O-])CCCN1C(=O)C(=Cc2c(Cl)cccc2Cl)SC1=S. The topological polar surface area (TPSA) is 60.4 Å². The predicted molar refractivity (Wildman–Crippen MR) is 90.6 cm³/mol. The van der Waals surface area contributed by atoms with Crippen LogP contribution in [-0.4, -0.2) is 27.6 Å². The molecule has 1 amide bonds. The average Bonchev–Trinajstić information content (AvgIpc) is 2.70. The van der Waals surface area contributed by atoms with Crippen LogP contribution in [0.15, 0.2) is 23.1 Å². The maximum Gasteiger partial charge on any atom is 0.266 e. The molecule has 0 aliphatic carbocycles. The van der Waals surface area contributed by atoms with Crippen LogP contribution in [0.2, 0.25) is 10.0 Å². The largest absolute Gasteiger partial charge is 0.550 e. The minimum atomic E-state index is -1.15. The zero-order valence-electron chi connectivity index (χ0n) is 11.2. The van der Waals surface area contributed by atoms with Gasteiger partial charge in [-0.25, -0.2) is 0 Å². The Bertz CT molecular complexity index is 656. The monoisotopic (exact) mass is 374 g/mol. The summed E-state index contributed by atoms with van der Waals surface area (Å²) < 4.78 is 0.387. The number of thiocarbonyl (C=S) groups is 1. The lowest BCUT2D eigenvalue weighted by molar-refractivity contribution is -0.305. The third kappa shape index (κ3) is 4.01. The lowest BCUT2D eigenvalue weighted by atomic mass is 10.2. The van der Waals surface area contributed by atoms with Gasteiger partial charge in [-0.05, 0) is 31.1 Å². The van der Waals surface area contributed by atoms with E-state index >= 15 is 0 Å². The summed E-state index contributed by atoms with van der Waals surface area (Å²) in [6.07, 6.45) is 1.77. The zero-order chi connectivity index (χ0) is 16.3. The van der Waals surface area contributed by atoms with Crippen LogP contribution >= 0.6 is 47.2 Å². The number of aliphatic carboxylic acids is 1. The lowest BCUT2D eigenvalue weighted by Crippen LogP contribution is -2.30. The lowest BCUT2D eigenvalue weighted by Gasteiger charge is -2.14. The van der Waals surface area contributed by atoms with Gasteiger partial charge in [0.15, 0.2) is 0 Å². The number of carbonyl (C=O) groups excluding carboxylic acids is 2. The molecule has 0 N–H and O–H groups in total. The van der Waals surface area contributed by atoms with Gasteiger partial charge in [0, 0.05) is 28.1 Å². The Morgan fingerprint density at radius 3 is 2.59 bits per heavy atom. The fourth-order valence-corrected chi connectivity index (χ4v) is 3.65. The summed E-state index contributed by atoms with van der Waals surface area (Å²) >= 11 is 18.5. The highest BCUT2D eigenvalue weighted by atomic mass is 35.5.